The fourth-order valence-corrected chi connectivity index (χ4v) is 3.12. The maximum Gasteiger partial charge on any atom is 0.416 e. The molecule has 0 bridgehead atoms. The minimum atomic E-state index is -4.37. The summed E-state index contributed by atoms with van der Waals surface area (Å²) in [5.74, 6) is -0.453. The minimum absolute atomic E-state index is 0.350. The van der Waals surface area contributed by atoms with Crippen LogP contribution in [0.15, 0.2) is 36.4 Å². The number of halogens is 3. The number of aryl methyl sites for hydroxylation is 1. The van der Waals surface area contributed by atoms with E-state index in [4.69, 9.17) is 5.11 Å². The lowest BCUT2D eigenvalue weighted by Gasteiger charge is -2.32. The molecular weight excluding hydrogens is 359 g/mol. The summed E-state index contributed by atoms with van der Waals surface area (Å²) in [5, 5.41) is 12.3. The number of aliphatic carboxylic acids is 1. The molecule has 0 amide bonds. The molecule has 5 nitrogen and oxygen atoms in total. The molecule has 0 saturated carbocycles. The summed E-state index contributed by atoms with van der Waals surface area (Å²) in [5.41, 5.74) is 1.30. The molecule has 1 saturated heterocycles. The van der Waals surface area contributed by atoms with Crippen LogP contribution < -0.4 is 10.2 Å². The number of nitrogens with zero attached hydrogens (tertiary/aromatic N) is 2. The molecule has 1 aromatic carbocycles. The molecule has 27 heavy (non-hydrogen) atoms. The Morgan fingerprint density at radius 2 is 1.78 bits per heavy atom. The molecule has 0 atom stereocenters. The zero-order chi connectivity index (χ0) is 19.6. The van der Waals surface area contributed by atoms with E-state index in [9.17, 15) is 18.0 Å². The van der Waals surface area contributed by atoms with Crippen molar-refractivity contribution in [3.05, 3.63) is 47.7 Å². The van der Waals surface area contributed by atoms with Gasteiger partial charge in [0.1, 0.15) is 0 Å². The molecule has 1 aromatic heterocycles. The summed E-state index contributed by atoms with van der Waals surface area (Å²) < 4.78 is 38.1. The fraction of sp³-hybridized carbons (Fsp3) is 0.368. The van der Waals surface area contributed by atoms with Crippen LogP contribution in [0, 0.1) is 12.8 Å². The topological polar surface area (TPSA) is 65.5 Å². The number of pyridine rings is 1. The smallest absolute Gasteiger partial charge is 0.416 e. The van der Waals surface area contributed by atoms with Gasteiger partial charge in [0.2, 0.25) is 0 Å². The number of aromatic nitrogens is 1. The van der Waals surface area contributed by atoms with E-state index in [1.165, 1.54) is 12.1 Å². The quantitative estimate of drug-likeness (QED) is 0.822. The van der Waals surface area contributed by atoms with Gasteiger partial charge in [-0.05, 0) is 56.2 Å². The Bertz CT molecular complexity index is 814. The Morgan fingerprint density at radius 3 is 2.33 bits per heavy atom. The molecule has 8 heteroatoms. The summed E-state index contributed by atoms with van der Waals surface area (Å²) in [6.07, 6.45) is -3.31. The van der Waals surface area contributed by atoms with E-state index >= 15 is 0 Å². The minimum Gasteiger partial charge on any atom is -0.481 e. The zero-order valence-corrected chi connectivity index (χ0v) is 14.8. The third-order valence-corrected chi connectivity index (χ3v) is 4.65. The first kappa shape index (κ1) is 19.0. The van der Waals surface area contributed by atoms with Gasteiger partial charge in [0.15, 0.2) is 5.82 Å². The van der Waals surface area contributed by atoms with E-state index in [1.807, 2.05) is 24.0 Å². The van der Waals surface area contributed by atoms with Crippen LogP contribution >= 0.6 is 0 Å². The lowest BCUT2D eigenvalue weighted by Crippen LogP contribution is -2.37. The van der Waals surface area contributed by atoms with Crippen molar-refractivity contribution in [3.8, 4) is 0 Å². The normalized spacial score (nSPS) is 15.6. The zero-order valence-electron chi connectivity index (χ0n) is 14.8. The van der Waals surface area contributed by atoms with Gasteiger partial charge in [-0.15, -0.1) is 0 Å². The molecule has 2 heterocycles. The Morgan fingerprint density at radius 1 is 1.15 bits per heavy atom. The third-order valence-electron chi connectivity index (χ3n) is 4.65. The molecule has 1 fully saturated rings. The van der Waals surface area contributed by atoms with Crippen LogP contribution in [0.1, 0.15) is 24.1 Å². The maximum atomic E-state index is 12.7. The first-order chi connectivity index (χ1) is 12.7. The molecule has 1 aliphatic heterocycles. The number of rotatable bonds is 4. The third kappa shape index (κ3) is 4.50. The van der Waals surface area contributed by atoms with E-state index in [1.54, 1.807) is 0 Å². The first-order valence-corrected chi connectivity index (χ1v) is 8.64. The van der Waals surface area contributed by atoms with Crippen molar-refractivity contribution >= 4 is 23.2 Å². The number of carbonyl (C=O) groups is 1. The molecule has 0 radical (unpaired) electrons. The van der Waals surface area contributed by atoms with Gasteiger partial charge in [0, 0.05) is 24.5 Å². The number of carboxylic acids is 1. The number of hydrogen-bond acceptors (Lipinski definition) is 4. The number of nitrogens with one attached hydrogen (secondary N) is 1. The molecule has 3 rings (SSSR count). The van der Waals surface area contributed by atoms with Gasteiger partial charge in [0.25, 0.3) is 0 Å². The number of hydrogen-bond donors (Lipinski definition) is 2. The fourth-order valence-electron chi connectivity index (χ4n) is 3.12. The van der Waals surface area contributed by atoms with E-state index in [0.29, 0.717) is 43.1 Å². The number of benzene rings is 1. The van der Waals surface area contributed by atoms with Crippen molar-refractivity contribution in [2.45, 2.75) is 25.9 Å². The largest absolute Gasteiger partial charge is 0.481 e. The van der Waals surface area contributed by atoms with Gasteiger partial charge in [-0.1, -0.05) is 0 Å². The van der Waals surface area contributed by atoms with E-state index in [0.717, 1.165) is 17.8 Å². The highest BCUT2D eigenvalue weighted by molar-refractivity contribution is 5.74. The van der Waals surface area contributed by atoms with Crippen molar-refractivity contribution in [1.82, 2.24) is 4.98 Å². The van der Waals surface area contributed by atoms with Crippen LogP contribution in [0.25, 0.3) is 0 Å². The van der Waals surface area contributed by atoms with Crippen LogP contribution in [0.2, 0.25) is 0 Å². The van der Waals surface area contributed by atoms with Crippen LogP contribution in [-0.4, -0.2) is 29.1 Å². The van der Waals surface area contributed by atoms with Crippen molar-refractivity contribution in [2.24, 2.45) is 5.92 Å². The van der Waals surface area contributed by atoms with Gasteiger partial charge in [-0.2, -0.15) is 13.2 Å². The summed E-state index contributed by atoms with van der Waals surface area (Å²) in [7, 11) is 0. The van der Waals surface area contributed by atoms with Gasteiger partial charge in [0.05, 0.1) is 17.2 Å². The summed E-state index contributed by atoms with van der Waals surface area (Å²) in [6.45, 7) is 2.99. The molecule has 2 aromatic rings. The molecular formula is C19H20F3N3O2. The second kappa shape index (κ2) is 7.46. The predicted octanol–water partition coefficient (Wildman–Crippen LogP) is 4.45. The second-order valence-electron chi connectivity index (χ2n) is 6.62. The van der Waals surface area contributed by atoms with E-state index < -0.39 is 17.7 Å². The standard InChI is InChI=1S/C19H20F3N3O2/c1-12-2-7-16(24-15-5-3-14(4-6-15)19(20,21)22)17(23-12)25-10-8-13(9-11-25)18(26)27/h2-7,13,24H,8-11H2,1H3,(H,26,27). The monoisotopic (exact) mass is 379 g/mol. The van der Waals surface area contributed by atoms with E-state index in [2.05, 4.69) is 10.3 Å². The predicted molar refractivity (Wildman–Crippen MR) is 96.3 cm³/mol. The van der Waals surface area contributed by atoms with Crippen LogP contribution in [0.5, 0.6) is 0 Å². The van der Waals surface area contributed by atoms with Crippen molar-refractivity contribution in [3.63, 3.8) is 0 Å². The molecule has 0 spiro atoms. The Hall–Kier alpha value is -2.77. The second-order valence-corrected chi connectivity index (χ2v) is 6.62. The number of anilines is 3. The van der Waals surface area contributed by atoms with Crippen molar-refractivity contribution in [2.75, 3.05) is 23.3 Å². The molecule has 0 unspecified atom stereocenters. The summed E-state index contributed by atoms with van der Waals surface area (Å²) in [6, 6.07) is 8.47. The molecule has 0 aliphatic carbocycles. The highest BCUT2D eigenvalue weighted by atomic mass is 19.4. The summed E-state index contributed by atoms with van der Waals surface area (Å²) in [4.78, 5) is 17.7. The highest BCUT2D eigenvalue weighted by Crippen LogP contribution is 2.33. The molecule has 1 aliphatic rings. The average Bonchev–Trinajstić information content (AvgIpc) is 2.63. The van der Waals surface area contributed by atoms with Gasteiger partial charge < -0.3 is 15.3 Å². The van der Waals surface area contributed by atoms with Crippen LogP contribution in [-0.2, 0) is 11.0 Å². The highest BCUT2D eigenvalue weighted by Gasteiger charge is 2.30. The number of alkyl halides is 3. The Kier molecular flexibility index (Phi) is 5.25. The molecule has 144 valence electrons. The van der Waals surface area contributed by atoms with Gasteiger partial charge in [-0.25, -0.2) is 4.98 Å². The lowest BCUT2D eigenvalue weighted by molar-refractivity contribution is -0.142. The average molecular weight is 379 g/mol. The number of carboxylic acid groups (broad SMARTS) is 1. The Labute approximate surface area is 154 Å². The lowest BCUT2D eigenvalue weighted by atomic mass is 9.97. The van der Waals surface area contributed by atoms with Crippen LogP contribution in [0.4, 0.5) is 30.4 Å². The van der Waals surface area contributed by atoms with Crippen molar-refractivity contribution < 1.29 is 23.1 Å². The SMILES string of the molecule is Cc1ccc(Nc2ccc(C(F)(F)F)cc2)c(N2CCC(C(=O)O)CC2)n1. The van der Waals surface area contributed by atoms with Gasteiger partial charge >= 0.3 is 12.1 Å². The Balaban J connectivity index is 1.79. The van der Waals surface area contributed by atoms with E-state index in [-0.39, 0.29) is 5.92 Å². The van der Waals surface area contributed by atoms with Gasteiger partial charge in [-0.3, -0.25) is 4.79 Å². The maximum absolute atomic E-state index is 12.7. The first-order valence-electron chi connectivity index (χ1n) is 8.64. The van der Waals surface area contributed by atoms with Crippen molar-refractivity contribution in [1.29, 1.82) is 0 Å². The number of piperidine rings is 1. The van der Waals surface area contributed by atoms with Crippen LogP contribution in [0.3, 0.4) is 0 Å². The molecule has 2 N–H and O–H groups in total. The summed E-state index contributed by atoms with van der Waals surface area (Å²) >= 11 is 0.